The van der Waals surface area contributed by atoms with E-state index in [1.54, 1.807) is 25.3 Å². The van der Waals surface area contributed by atoms with Gasteiger partial charge in [0.1, 0.15) is 5.76 Å². The fourth-order valence-corrected chi connectivity index (χ4v) is 1.14. The molecule has 0 rings (SSSR count). The number of unbranched alkanes of at least 4 members (excludes halogenated alkanes) is 1. The molecular weight excluding hydrogens is 202 g/mol. The topological polar surface area (TPSA) is 49.3 Å². The van der Waals surface area contributed by atoms with E-state index >= 15 is 0 Å². The fraction of sp³-hybridized carbons (Fsp3) is 0.462. The average Bonchev–Trinajstić information content (AvgIpc) is 2.30. The van der Waals surface area contributed by atoms with Crippen molar-refractivity contribution in [2.75, 3.05) is 7.05 Å². The maximum Gasteiger partial charge on any atom is 0.250 e. The molecule has 0 unspecified atom stereocenters. The van der Waals surface area contributed by atoms with Crippen molar-refractivity contribution in [1.82, 2.24) is 5.32 Å². The molecule has 0 saturated carbocycles. The van der Waals surface area contributed by atoms with Crippen molar-refractivity contribution in [2.45, 2.75) is 33.1 Å². The third kappa shape index (κ3) is 6.06. The molecule has 0 aliphatic rings. The van der Waals surface area contributed by atoms with Crippen LogP contribution in [0.2, 0.25) is 0 Å². The molecule has 0 aliphatic heterocycles. The molecule has 3 nitrogen and oxygen atoms in total. The largest absolute Gasteiger partial charge is 0.508 e. The Labute approximate surface area is 97.6 Å². The first-order valence-corrected chi connectivity index (χ1v) is 5.65. The standard InChI is InChI=1S/C13H21NO2/c1-4-6-8-12(15)10-9-11(7-5-2)13(16)14-3/h7-10,15H,4-6H2,1-3H3,(H,14,16)/b10-9-,11-7-,12-8-. The van der Waals surface area contributed by atoms with Crippen molar-refractivity contribution in [3.8, 4) is 0 Å². The minimum atomic E-state index is -0.138. The van der Waals surface area contributed by atoms with Crippen LogP contribution in [0.4, 0.5) is 0 Å². The summed E-state index contributed by atoms with van der Waals surface area (Å²) in [7, 11) is 1.59. The highest BCUT2D eigenvalue weighted by Gasteiger charge is 2.01. The van der Waals surface area contributed by atoms with Gasteiger partial charge in [-0.15, -0.1) is 0 Å². The van der Waals surface area contributed by atoms with E-state index in [0.717, 1.165) is 19.3 Å². The number of hydrogen-bond donors (Lipinski definition) is 2. The van der Waals surface area contributed by atoms with E-state index in [1.807, 2.05) is 19.9 Å². The first-order valence-electron chi connectivity index (χ1n) is 5.65. The highest BCUT2D eigenvalue weighted by atomic mass is 16.3. The van der Waals surface area contributed by atoms with E-state index in [-0.39, 0.29) is 11.7 Å². The number of nitrogens with one attached hydrogen (secondary N) is 1. The third-order valence-corrected chi connectivity index (χ3v) is 1.99. The fourth-order valence-electron chi connectivity index (χ4n) is 1.14. The van der Waals surface area contributed by atoms with Crippen LogP contribution < -0.4 is 5.32 Å². The summed E-state index contributed by atoms with van der Waals surface area (Å²) in [4.78, 5) is 11.4. The highest BCUT2D eigenvalue weighted by molar-refractivity contribution is 5.95. The van der Waals surface area contributed by atoms with Gasteiger partial charge in [-0.25, -0.2) is 0 Å². The van der Waals surface area contributed by atoms with Gasteiger partial charge in [-0.3, -0.25) is 4.79 Å². The second-order valence-corrected chi connectivity index (χ2v) is 3.40. The molecule has 0 aromatic heterocycles. The molecule has 0 radical (unpaired) electrons. The van der Waals surface area contributed by atoms with Crippen molar-refractivity contribution in [1.29, 1.82) is 0 Å². The second-order valence-electron chi connectivity index (χ2n) is 3.40. The molecule has 90 valence electrons. The molecule has 0 fully saturated rings. The zero-order valence-corrected chi connectivity index (χ0v) is 10.3. The number of carbonyl (C=O) groups excluding carboxylic acids is 1. The Morgan fingerprint density at radius 1 is 1.25 bits per heavy atom. The Balaban J connectivity index is 4.57. The maximum atomic E-state index is 11.4. The summed E-state index contributed by atoms with van der Waals surface area (Å²) < 4.78 is 0. The van der Waals surface area contributed by atoms with Gasteiger partial charge in [0.25, 0.3) is 5.91 Å². The Hall–Kier alpha value is -1.51. The first kappa shape index (κ1) is 14.5. The summed E-state index contributed by atoms with van der Waals surface area (Å²) in [6.45, 7) is 4.00. The Kier molecular flexibility index (Phi) is 7.94. The lowest BCUT2D eigenvalue weighted by molar-refractivity contribution is -0.116. The lowest BCUT2D eigenvalue weighted by Crippen LogP contribution is -2.19. The maximum absolute atomic E-state index is 11.4. The van der Waals surface area contributed by atoms with E-state index < -0.39 is 0 Å². The van der Waals surface area contributed by atoms with Gasteiger partial charge in [-0.1, -0.05) is 26.3 Å². The van der Waals surface area contributed by atoms with Crippen LogP contribution in [-0.4, -0.2) is 18.1 Å². The van der Waals surface area contributed by atoms with Crippen molar-refractivity contribution >= 4 is 5.91 Å². The van der Waals surface area contributed by atoms with Crippen LogP contribution in [0.5, 0.6) is 0 Å². The van der Waals surface area contributed by atoms with E-state index in [0.29, 0.717) is 5.57 Å². The third-order valence-electron chi connectivity index (χ3n) is 1.99. The van der Waals surface area contributed by atoms with Gasteiger partial charge in [0.05, 0.1) is 0 Å². The van der Waals surface area contributed by atoms with Crippen LogP contribution >= 0.6 is 0 Å². The zero-order chi connectivity index (χ0) is 12.4. The van der Waals surface area contributed by atoms with Gasteiger partial charge in [0.15, 0.2) is 0 Å². The predicted octanol–water partition coefficient (Wildman–Crippen LogP) is 2.87. The van der Waals surface area contributed by atoms with Gasteiger partial charge in [-0.2, -0.15) is 0 Å². The molecule has 0 aromatic carbocycles. The number of amides is 1. The number of allylic oxidation sites excluding steroid dienone is 3. The zero-order valence-electron chi connectivity index (χ0n) is 10.3. The van der Waals surface area contributed by atoms with Crippen LogP contribution in [0.25, 0.3) is 0 Å². The molecule has 0 spiro atoms. The second kappa shape index (κ2) is 8.77. The van der Waals surface area contributed by atoms with Gasteiger partial charge in [0.2, 0.25) is 0 Å². The highest BCUT2D eigenvalue weighted by Crippen LogP contribution is 2.03. The summed E-state index contributed by atoms with van der Waals surface area (Å²) in [6, 6.07) is 0. The molecular formula is C13H21NO2. The molecule has 0 aromatic rings. The monoisotopic (exact) mass is 223 g/mol. The lowest BCUT2D eigenvalue weighted by atomic mass is 10.2. The van der Waals surface area contributed by atoms with Crippen LogP contribution in [0.3, 0.4) is 0 Å². The smallest absolute Gasteiger partial charge is 0.250 e. The number of aliphatic hydroxyl groups is 1. The number of rotatable bonds is 6. The van der Waals surface area contributed by atoms with Crippen LogP contribution in [0.1, 0.15) is 33.1 Å². The van der Waals surface area contributed by atoms with E-state index in [9.17, 15) is 9.90 Å². The average molecular weight is 223 g/mol. The normalized spacial score (nSPS) is 13.2. The van der Waals surface area contributed by atoms with Gasteiger partial charge in [-0.05, 0) is 31.1 Å². The Morgan fingerprint density at radius 2 is 1.94 bits per heavy atom. The summed E-state index contributed by atoms with van der Waals surface area (Å²) in [6.07, 6.45) is 9.35. The Bertz CT molecular complexity index is 301. The SMILES string of the molecule is CC/C=C(/C=C\C(O)=C\CCC)C(=O)NC. The van der Waals surface area contributed by atoms with Gasteiger partial charge < -0.3 is 10.4 Å². The van der Waals surface area contributed by atoms with E-state index in [4.69, 9.17) is 0 Å². The molecule has 0 atom stereocenters. The molecule has 2 N–H and O–H groups in total. The number of aliphatic hydroxyl groups excluding tert-OH is 1. The van der Waals surface area contributed by atoms with Crippen LogP contribution in [-0.2, 0) is 4.79 Å². The summed E-state index contributed by atoms with van der Waals surface area (Å²) in [5.74, 6) is 0.0640. The molecule has 0 aliphatic carbocycles. The summed E-state index contributed by atoms with van der Waals surface area (Å²) in [5.41, 5.74) is 0.571. The number of carbonyl (C=O) groups is 1. The summed E-state index contributed by atoms with van der Waals surface area (Å²) in [5, 5.41) is 12.0. The number of hydrogen-bond acceptors (Lipinski definition) is 2. The van der Waals surface area contributed by atoms with Crippen molar-refractivity contribution in [3.63, 3.8) is 0 Å². The number of likely N-dealkylation sites (N-methyl/N-ethyl adjacent to an activating group) is 1. The molecule has 16 heavy (non-hydrogen) atoms. The minimum absolute atomic E-state index is 0.138. The predicted molar refractivity (Wildman–Crippen MR) is 67.2 cm³/mol. The van der Waals surface area contributed by atoms with Crippen molar-refractivity contribution in [3.05, 3.63) is 35.6 Å². The molecule has 0 heterocycles. The minimum Gasteiger partial charge on any atom is -0.508 e. The van der Waals surface area contributed by atoms with Crippen molar-refractivity contribution in [2.24, 2.45) is 0 Å². The first-order chi connectivity index (χ1) is 7.65. The van der Waals surface area contributed by atoms with Gasteiger partial charge in [0, 0.05) is 12.6 Å². The Morgan fingerprint density at radius 3 is 2.44 bits per heavy atom. The molecule has 1 amide bonds. The van der Waals surface area contributed by atoms with Gasteiger partial charge >= 0.3 is 0 Å². The van der Waals surface area contributed by atoms with E-state index in [1.165, 1.54) is 0 Å². The quantitative estimate of drug-likeness (QED) is 0.413. The van der Waals surface area contributed by atoms with Crippen LogP contribution in [0, 0.1) is 0 Å². The molecule has 0 saturated heterocycles. The lowest BCUT2D eigenvalue weighted by Gasteiger charge is -1.99. The summed E-state index contributed by atoms with van der Waals surface area (Å²) >= 11 is 0. The van der Waals surface area contributed by atoms with E-state index in [2.05, 4.69) is 5.32 Å². The molecule has 3 heteroatoms. The molecule has 0 bridgehead atoms. The van der Waals surface area contributed by atoms with Crippen molar-refractivity contribution < 1.29 is 9.90 Å². The van der Waals surface area contributed by atoms with Crippen LogP contribution in [0.15, 0.2) is 35.6 Å².